The first kappa shape index (κ1) is 12.1. The third-order valence-corrected chi connectivity index (χ3v) is 3.50. The van der Waals surface area contributed by atoms with Gasteiger partial charge in [0.25, 0.3) is 0 Å². The maximum atomic E-state index is 11.7. The van der Waals surface area contributed by atoms with E-state index in [1.165, 1.54) is 25.8 Å². The zero-order valence-electron chi connectivity index (χ0n) is 10.3. The highest BCUT2D eigenvalue weighted by Crippen LogP contribution is 2.30. The lowest BCUT2D eigenvalue weighted by atomic mass is 10.00. The third kappa shape index (κ3) is 3.56. The molecule has 2 fully saturated rings. The van der Waals surface area contributed by atoms with E-state index in [-0.39, 0.29) is 5.92 Å². The molecule has 1 atom stereocenters. The Morgan fingerprint density at radius 3 is 2.81 bits per heavy atom. The first-order valence-corrected chi connectivity index (χ1v) is 6.62. The van der Waals surface area contributed by atoms with E-state index in [1.807, 2.05) is 0 Å². The zero-order valence-corrected chi connectivity index (χ0v) is 10.3. The van der Waals surface area contributed by atoms with Gasteiger partial charge in [-0.1, -0.05) is 6.92 Å². The van der Waals surface area contributed by atoms with Gasteiger partial charge in [-0.15, -0.1) is 0 Å². The molecular formula is C13H23NO2. The number of carbonyl (C=O) groups is 1. The van der Waals surface area contributed by atoms with E-state index in [1.54, 1.807) is 0 Å². The normalized spacial score (nSPS) is 26.4. The van der Waals surface area contributed by atoms with Gasteiger partial charge < -0.3 is 9.64 Å². The highest BCUT2D eigenvalue weighted by atomic mass is 16.5. The smallest absolute Gasteiger partial charge is 0.141 e. The fourth-order valence-electron chi connectivity index (χ4n) is 2.40. The molecule has 1 saturated heterocycles. The van der Waals surface area contributed by atoms with E-state index in [4.69, 9.17) is 4.74 Å². The molecule has 92 valence electrons. The average Bonchev–Trinajstić information content (AvgIpc) is 3.06. The van der Waals surface area contributed by atoms with Crippen LogP contribution in [0.25, 0.3) is 0 Å². The van der Waals surface area contributed by atoms with Crippen LogP contribution >= 0.6 is 0 Å². The Labute approximate surface area is 98.1 Å². The second kappa shape index (κ2) is 5.78. The Kier molecular flexibility index (Phi) is 4.36. The lowest BCUT2D eigenvalue weighted by Gasteiger charge is -2.28. The minimum atomic E-state index is 0.138. The fraction of sp³-hybridized carbons (Fsp3) is 0.923. The summed E-state index contributed by atoms with van der Waals surface area (Å²) < 4.78 is 5.40. The molecule has 16 heavy (non-hydrogen) atoms. The molecule has 1 aliphatic carbocycles. The first-order valence-electron chi connectivity index (χ1n) is 6.62. The van der Waals surface area contributed by atoms with E-state index >= 15 is 0 Å². The van der Waals surface area contributed by atoms with Crippen LogP contribution in [0.3, 0.4) is 0 Å². The lowest BCUT2D eigenvalue weighted by Crippen LogP contribution is -2.39. The van der Waals surface area contributed by atoms with Crippen molar-refractivity contribution >= 4 is 5.78 Å². The summed E-state index contributed by atoms with van der Waals surface area (Å²) in [5.41, 5.74) is 0. The van der Waals surface area contributed by atoms with Crippen LogP contribution in [0.15, 0.2) is 0 Å². The Bertz CT molecular complexity index is 238. The standard InChI is InChI=1S/C13H23NO2/c1-2-6-14(8-11-3-4-11)9-12-10-16-7-5-13(12)15/h11-12H,2-10H2,1H3. The molecule has 2 rings (SSSR count). The second-order valence-electron chi connectivity index (χ2n) is 5.19. The van der Waals surface area contributed by atoms with Gasteiger partial charge in [-0.2, -0.15) is 0 Å². The van der Waals surface area contributed by atoms with Crippen molar-refractivity contribution in [1.82, 2.24) is 4.90 Å². The molecule has 2 aliphatic rings. The van der Waals surface area contributed by atoms with Gasteiger partial charge in [0, 0.05) is 19.5 Å². The molecule has 3 heteroatoms. The van der Waals surface area contributed by atoms with Crippen molar-refractivity contribution in [2.45, 2.75) is 32.6 Å². The summed E-state index contributed by atoms with van der Waals surface area (Å²) >= 11 is 0. The van der Waals surface area contributed by atoms with Gasteiger partial charge in [0.05, 0.1) is 19.1 Å². The summed E-state index contributed by atoms with van der Waals surface area (Å²) in [5.74, 6) is 1.45. The number of Topliss-reactive ketones (excluding diaryl/α,β-unsaturated/α-hetero) is 1. The lowest BCUT2D eigenvalue weighted by molar-refractivity contribution is -0.131. The summed E-state index contributed by atoms with van der Waals surface area (Å²) in [5, 5.41) is 0. The molecule has 1 unspecified atom stereocenters. The van der Waals surface area contributed by atoms with E-state index in [9.17, 15) is 4.79 Å². The minimum absolute atomic E-state index is 0.138. The van der Waals surface area contributed by atoms with E-state index in [0.717, 1.165) is 19.0 Å². The molecule has 3 nitrogen and oxygen atoms in total. The summed E-state index contributed by atoms with van der Waals surface area (Å²) in [6, 6.07) is 0. The molecule has 0 aromatic carbocycles. The van der Waals surface area contributed by atoms with Gasteiger partial charge in [0.2, 0.25) is 0 Å². The number of ketones is 1. The highest BCUT2D eigenvalue weighted by molar-refractivity contribution is 5.82. The van der Waals surface area contributed by atoms with Crippen molar-refractivity contribution < 1.29 is 9.53 Å². The Morgan fingerprint density at radius 1 is 1.38 bits per heavy atom. The van der Waals surface area contributed by atoms with Crippen LogP contribution in [0, 0.1) is 11.8 Å². The number of nitrogens with zero attached hydrogens (tertiary/aromatic N) is 1. The van der Waals surface area contributed by atoms with Gasteiger partial charge in [0.15, 0.2) is 0 Å². The van der Waals surface area contributed by atoms with E-state index < -0.39 is 0 Å². The van der Waals surface area contributed by atoms with E-state index in [2.05, 4.69) is 11.8 Å². The molecule has 0 amide bonds. The van der Waals surface area contributed by atoms with Gasteiger partial charge in [-0.3, -0.25) is 4.79 Å². The number of hydrogen-bond donors (Lipinski definition) is 0. The van der Waals surface area contributed by atoms with Crippen LogP contribution in [0.5, 0.6) is 0 Å². The maximum Gasteiger partial charge on any atom is 0.141 e. The van der Waals surface area contributed by atoms with Crippen molar-refractivity contribution in [2.24, 2.45) is 11.8 Å². The van der Waals surface area contributed by atoms with Crippen molar-refractivity contribution in [1.29, 1.82) is 0 Å². The molecule has 0 N–H and O–H groups in total. The molecular weight excluding hydrogens is 202 g/mol. The van der Waals surface area contributed by atoms with Crippen LogP contribution in [-0.2, 0) is 9.53 Å². The largest absolute Gasteiger partial charge is 0.380 e. The molecule has 0 spiro atoms. The van der Waals surface area contributed by atoms with Crippen LogP contribution in [0.1, 0.15) is 32.6 Å². The van der Waals surface area contributed by atoms with Gasteiger partial charge in [-0.05, 0) is 31.7 Å². The van der Waals surface area contributed by atoms with Crippen molar-refractivity contribution in [3.8, 4) is 0 Å². The SMILES string of the molecule is CCCN(CC1CC1)CC1COCCC1=O. The fourth-order valence-corrected chi connectivity index (χ4v) is 2.40. The van der Waals surface area contributed by atoms with Crippen molar-refractivity contribution in [3.63, 3.8) is 0 Å². The Hall–Kier alpha value is -0.410. The molecule has 0 aromatic heterocycles. The molecule has 0 aromatic rings. The Morgan fingerprint density at radius 2 is 2.19 bits per heavy atom. The Balaban J connectivity index is 1.79. The quantitative estimate of drug-likeness (QED) is 0.689. The average molecular weight is 225 g/mol. The highest BCUT2D eigenvalue weighted by Gasteiger charge is 2.28. The third-order valence-electron chi connectivity index (χ3n) is 3.50. The number of hydrogen-bond acceptors (Lipinski definition) is 3. The molecule has 1 saturated carbocycles. The van der Waals surface area contributed by atoms with Crippen molar-refractivity contribution in [2.75, 3.05) is 32.8 Å². The predicted molar refractivity (Wildman–Crippen MR) is 63.4 cm³/mol. The van der Waals surface area contributed by atoms with Gasteiger partial charge >= 0.3 is 0 Å². The number of rotatable bonds is 6. The van der Waals surface area contributed by atoms with Crippen LogP contribution in [-0.4, -0.2) is 43.5 Å². The molecule has 1 heterocycles. The minimum Gasteiger partial charge on any atom is -0.380 e. The molecule has 0 radical (unpaired) electrons. The van der Waals surface area contributed by atoms with Crippen molar-refractivity contribution in [3.05, 3.63) is 0 Å². The van der Waals surface area contributed by atoms with Gasteiger partial charge in [0.1, 0.15) is 5.78 Å². The summed E-state index contributed by atoms with van der Waals surface area (Å²) in [7, 11) is 0. The summed E-state index contributed by atoms with van der Waals surface area (Å²) in [4.78, 5) is 14.2. The number of carbonyl (C=O) groups excluding carboxylic acids is 1. The van der Waals surface area contributed by atoms with Gasteiger partial charge in [-0.25, -0.2) is 0 Å². The van der Waals surface area contributed by atoms with E-state index in [0.29, 0.717) is 25.4 Å². The van der Waals surface area contributed by atoms with Crippen LogP contribution in [0.2, 0.25) is 0 Å². The monoisotopic (exact) mass is 225 g/mol. The topological polar surface area (TPSA) is 29.5 Å². The summed E-state index contributed by atoms with van der Waals surface area (Å²) in [6.45, 7) is 6.72. The second-order valence-corrected chi connectivity index (χ2v) is 5.19. The molecule has 0 bridgehead atoms. The first-order chi connectivity index (χ1) is 7.79. The maximum absolute atomic E-state index is 11.7. The molecule has 1 aliphatic heterocycles. The summed E-state index contributed by atoms with van der Waals surface area (Å²) in [6.07, 6.45) is 4.56. The zero-order chi connectivity index (χ0) is 11.4. The number of ether oxygens (including phenoxy) is 1. The predicted octanol–water partition coefficient (Wildman–Crippen LogP) is 1.71. The van der Waals surface area contributed by atoms with Crippen LogP contribution < -0.4 is 0 Å². The van der Waals surface area contributed by atoms with Crippen LogP contribution in [0.4, 0.5) is 0 Å².